The second kappa shape index (κ2) is 6.45. The van der Waals surface area contributed by atoms with Gasteiger partial charge >= 0.3 is 0 Å². The predicted molar refractivity (Wildman–Crippen MR) is 74.4 cm³/mol. The maximum absolute atomic E-state index is 11.9. The van der Waals surface area contributed by atoms with Crippen molar-refractivity contribution in [3.05, 3.63) is 29.8 Å². The fraction of sp³-hybridized carbons (Fsp3) is 0.429. The Balaban J connectivity index is 1.90. The average Bonchev–Trinajstić information content (AvgIpc) is 2.40. The molecule has 0 unspecified atom stereocenters. The molecule has 1 amide bonds. The van der Waals surface area contributed by atoms with E-state index >= 15 is 0 Å². The van der Waals surface area contributed by atoms with Gasteiger partial charge in [0, 0.05) is 37.4 Å². The average molecular weight is 261 g/mol. The number of carbonyl (C=O) groups is 2. The van der Waals surface area contributed by atoms with E-state index < -0.39 is 0 Å². The number of piperazine rings is 1. The van der Waals surface area contributed by atoms with E-state index in [9.17, 15) is 9.59 Å². The van der Waals surface area contributed by atoms with Crippen LogP contribution in [0.3, 0.4) is 0 Å². The molecule has 0 saturated carbocycles. The van der Waals surface area contributed by atoms with Crippen molar-refractivity contribution in [1.29, 1.82) is 0 Å². The molecule has 1 saturated heterocycles. The minimum atomic E-state index is -0.0393. The Kier molecular flexibility index (Phi) is 4.65. The Bertz CT molecular complexity index is 468. The Morgan fingerprint density at radius 3 is 2.74 bits per heavy atom. The van der Waals surface area contributed by atoms with Crippen molar-refractivity contribution in [3.63, 3.8) is 0 Å². The van der Waals surface area contributed by atoms with Gasteiger partial charge in [-0.05, 0) is 19.1 Å². The van der Waals surface area contributed by atoms with Crippen molar-refractivity contribution in [2.45, 2.75) is 6.92 Å². The molecule has 2 rings (SSSR count). The smallest absolute Gasteiger partial charge is 0.238 e. The molecular weight excluding hydrogens is 242 g/mol. The highest BCUT2D eigenvalue weighted by molar-refractivity contribution is 5.97. The highest BCUT2D eigenvalue weighted by atomic mass is 16.2. The zero-order valence-electron chi connectivity index (χ0n) is 11.1. The maximum atomic E-state index is 11.9. The Labute approximate surface area is 113 Å². The van der Waals surface area contributed by atoms with Crippen LogP contribution in [-0.2, 0) is 4.79 Å². The second-order valence-corrected chi connectivity index (χ2v) is 4.71. The summed E-state index contributed by atoms with van der Waals surface area (Å²) in [5.41, 5.74) is 1.29. The van der Waals surface area contributed by atoms with E-state index in [1.807, 2.05) is 0 Å². The van der Waals surface area contributed by atoms with Crippen molar-refractivity contribution >= 4 is 17.4 Å². The summed E-state index contributed by atoms with van der Waals surface area (Å²) < 4.78 is 0. The molecule has 1 aliphatic rings. The van der Waals surface area contributed by atoms with Crippen LogP contribution >= 0.6 is 0 Å². The van der Waals surface area contributed by atoms with Gasteiger partial charge in [0.15, 0.2) is 5.78 Å². The van der Waals surface area contributed by atoms with Gasteiger partial charge < -0.3 is 10.6 Å². The van der Waals surface area contributed by atoms with Crippen LogP contribution in [0.2, 0.25) is 0 Å². The quantitative estimate of drug-likeness (QED) is 0.785. The first-order chi connectivity index (χ1) is 9.15. The van der Waals surface area contributed by atoms with Gasteiger partial charge in [-0.1, -0.05) is 12.1 Å². The molecule has 5 heteroatoms. The van der Waals surface area contributed by atoms with Crippen LogP contribution in [0.25, 0.3) is 0 Å². The summed E-state index contributed by atoms with van der Waals surface area (Å²) in [7, 11) is 0. The predicted octanol–water partition coefficient (Wildman–Crippen LogP) is 0.733. The van der Waals surface area contributed by atoms with Crippen LogP contribution in [0.4, 0.5) is 5.69 Å². The van der Waals surface area contributed by atoms with Crippen molar-refractivity contribution in [2.24, 2.45) is 0 Å². The van der Waals surface area contributed by atoms with E-state index in [0.717, 1.165) is 26.2 Å². The number of carbonyl (C=O) groups excluding carboxylic acids is 2. The highest BCUT2D eigenvalue weighted by Gasteiger charge is 2.13. The molecule has 1 aliphatic heterocycles. The van der Waals surface area contributed by atoms with Crippen molar-refractivity contribution in [3.8, 4) is 0 Å². The lowest BCUT2D eigenvalue weighted by molar-refractivity contribution is -0.117. The number of amides is 1. The Morgan fingerprint density at radius 2 is 2.05 bits per heavy atom. The van der Waals surface area contributed by atoms with Crippen LogP contribution in [0.1, 0.15) is 17.3 Å². The number of anilines is 1. The van der Waals surface area contributed by atoms with Crippen LogP contribution in [0.5, 0.6) is 0 Å². The van der Waals surface area contributed by atoms with Gasteiger partial charge in [0.2, 0.25) is 5.91 Å². The number of nitrogens with zero attached hydrogens (tertiary/aromatic N) is 1. The van der Waals surface area contributed by atoms with Gasteiger partial charge in [-0.2, -0.15) is 0 Å². The highest BCUT2D eigenvalue weighted by Crippen LogP contribution is 2.11. The normalized spacial score (nSPS) is 16.1. The van der Waals surface area contributed by atoms with E-state index in [2.05, 4.69) is 15.5 Å². The molecule has 1 aromatic rings. The molecule has 0 spiro atoms. The van der Waals surface area contributed by atoms with Crippen molar-refractivity contribution in [2.75, 3.05) is 38.0 Å². The third kappa shape index (κ3) is 4.15. The van der Waals surface area contributed by atoms with E-state index in [-0.39, 0.29) is 11.7 Å². The van der Waals surface area contributed by atoms with Crippen LogP contribution in [0, 0.1) is 0 Å². The van der Waals surface area contributed by atoms with Crippen LogP contribution in [0.15, 0.2) is 24.3 Å². The number of ketones is 1. The SMILES string of the molecule is CC(=O)c1cccc(NC(=O)CN2CCNCC2)c1. The molecule has 1 fully saturated rings. The fourth-order valence-electron chi connectivity index (χ4n) is 2.09. The first-order valence-corrected chi connectivity index (χ1v) is 6.49. The molecule has 0 bridgehead atoms. The number of hydrogen-bond acceptors (Lipinski definition) is 4. The molecule has 0 aliphatic carbocycles. The Morgan fingerprint density at radius 1 is 1.32 bits per heavy atom. The molecule has 2 N–H and O–H groups in total. The lowest BCUT2D eigenvalue weighted by Crippen LogP contribution is -2.46. The molecule has 0 radical (unpaired) electrons. The molecule has 0 aromatic heterocycles. The standard InChI is InChI=1S/C14H19N3O2/c1-11(18)12-3-2-4-13(9-12)16-14(19)10-17-7-5-15-6-8-17/h2-4,9,15H,5-8,10H2,1H3,(H,16,19). The molecule has 102 valence electrons. The van der Waals surface area contributed by atoms with E-state index in [1.165, 1.54) is 6.92 Å². The first kappa shape index (κ1) is 13.7. The summed E-state index contributed by atoms with van der Waals surface area (Å²) in [6.45, 7) is 5.54. The third-order valence-corrected chi connectivity index (χ3v) is 3.13. The van der Waals surface area contributed by atoms with Gasteiger partial charge in [-0.25, -0.2) is 0 Å². The van der Waals surface area contributed by atoms with E-state index in [1.54, 1.807) is 24.3 Å². The van der Waals surface area contributed by atoms with Gasteiger partial charge in [0.05, 0.1) is 6.54 Å². The number of rotatable bonds is 4. The van der Waals surface area contributed by atoms with Crippen molar-refractivity contribution in [1.82, 2.24) is 10.2 Å². The maximum Gasteiger partial charge on any atom is 0.238 e. The summed E-state index contributed by atoms with van der Waals surface area (Å²) in [6, 6.07) is 7.02. The molecular formula is C14H19N3O2. The molecule has 1 aromatic carbocycles. The van der Waals surface area contributed by atoms with E-state index in [0.29, 0.717) is 17.8 Å². The second-order valence-electron chi connectivity index (χ2n) is 4.71. The summed E-state index contributed by atoms with van der Waals surface area (Å²) in [5.74, 6) is -0.0409. The number of Topliss-reactive ketones (excluding diaryl/α,β-unsaturated/α-hetero) is 1. The van der Waals surface area contributed by atoms with Gasteiger partial charge in [0.1, 0.15) is 0 Å². The fourth-order valence-corrected chi connectivity index (χ4v) is 2.09. The largest absolute Gasteiger partial charge is 0.325 e. The molecule has 0 atom stereocenters. The van der Waals surface area contributed by atoms with Gasteiger partial charge in [-0.15, -0.1) is 0 Å². The number of benzene rings is 1. The van der Waals surface area contributed by atoms with E-state index in [4.69, 9.17) is 0 Å². The zero-order valence-corrected chi connectivity index (χ0v) is 11.1. The lowest BCUT2D eigenvalue weighted by atomic mass is 10.1. The van der Waals surface area contributed by atoms with Gasteiger partial charge in [-0.3, -0.25) is 14.5 Å². The zero-order chi connectivity index (χ0) is 13.7. The summed E-state index contributed by atoms with van der Waals surface area (Å²) in [5, 5.41) is 6.08. The minimum absolute atomic E-state index is 0.00166. The van der Waals surface area contributed by atoms with Crippen LogP contribution < -0.4 is 10.6 Å². The summed E-state index contributed by atoms with van der Waals surface area (Å²) in [6.07, 6.45) is 0. The third-order valence-electron chi connectivity index (χ3n) is 3.13. The summed E-state index contributed by atoms with van der Waals surface area (Å²) in [4.78, 5) is 25.3. The number of hydrogen-bond donors (Lipinski definition) is 2. The topological polar surface area (TPSA) is 61.4 Å². The van der Waals surface area contributed by atoms with Gasteiger partial charge in [0.25, 0.3) is 0 Å². The lowest BCUT2D eigenvalue weighted by Gasteiger charge is -2.26. The Hall–Kier alpha value is -1.72. The summed E-state index contributed by atoms with van der Waals surface area (Å²) >= 11 is 0. The molecule has 1 heterocycles. The number of nitrogens with one attached hydrogen (secondary N) is 2. The van der Waals surface area contributed by atoms with Crippen LogP contribution in [-0.4, -0.2) is 49.3 Å². The first-order valence-electron chi connectivity index (χ1n) is 6.49. The monoisotopic (exact) mass is 261 g/mol. The molecule has 19 heavy (non-hydrogen) atoms. The molecule has 5 nitrogen and oxygen atoms in total. The van der Waals surface area contributed by atoms with Crippen molar-refractivity contribution < 1.29 is 9.59 Å². The minimum Gasteiger partial charge on any atom is -0.325 e.